The van der Waals surface area contributed by atoms with Gasteiger partial charge >= 0.3 is 0 Å². The molecule has 0 fully saturated rings. The second-order valence-corrected chi connectivity index (χ2v) is 7.41. The van der Waals surface area contributed by atoms with Crippen LogP contribution in [0.2, 0.25) is 0 Å². The van der Waals surface area contributed by atoms with E-state index in [0.29, 0.717) is 4.90 Å². The van der Waals surface area contributed by atoms with Crippen molar-refractivity contribution in [2.45, 2.75) is 11.8 Å². The summed E-state index contributed by atoms with van der Waals surface area (Å²) in [5, 5.41) is 1.83. The Labute approximate surface area is 109 Å². The Kier molecular flexibility index (Phi) is 3.21. The molecule has 0 aromatic heterocycles. The monoisotopic (exact) mass is 346 g/mol. The van der Waals surface area contributed by atoms with Gasteiger partial charge in [-0.3, -0.25) is 0 Å². The standard InChI is InChI=1S/C12H11IO2S/c1-9-4-2-6-11-10(9)5-3-7-12(11)16(14,15)8-13/h2-7H,8H2,1H3. The summed E-state index contributed by atoms with van der Waals surface area (Å²) < 4.78 is 23.9. The molecular weight excluding hydrogens is 335 g/mol. The number of halogens is 1. The van der Waals surface area contributed by atoms with Crippen molar-refractivity contribution in [3.63, 3.8) is 0 Å². The predicted octanol–water partition coefficient (Wildman–Crippen LogP) is 3.31. The molecule has 0 amide bonds. The Bertz CT molecular complexity index is 633. The largest absolute Gasteiger partial charge is 0.223 e. The van der Waals surface area contributed by atoms with Crippen LogP contribution < -0.4 is 0 Å². The molecule has 0 N–H and O–H groups in total. The Morgan fingerprint density at radius 3 is 2.38 bits per heavy atom. The number of hydrogen-bond donors (Lipinski definition) is 0. The normalized spacial score (nSPS) is 11.9. The average molecular weight is 346 g/mol. The fraction of sp³-hybridized carbons (Fsp3) is 0.167. The molecule has 0 atom stereocenters. The molecule has 0 saturated heterocycles. The lowest BCUT2D eigenvalue weighted by Gasteiger charge is -2.07. The molecule has 0 aliphatic heterocycles. The third-order valence-electron chi connectivity index (χ3n) is 2.58. The minimum absolute atomic E-state index is 0.109. The molecule has 0 aliphatic carbocycles. The van der Waals surface area contributed by atoms with Gasteiger partial charge in [0.2, 0.25) is 0 Å². The minimum Gasteiger partial charge on any atom is -0.223 e. The SMILES string of the molecule is Cc1cccc2c(S(=O)(=O)CI)cccc12. The van der Waals surface area contributed by atoms with E-state index >= 15 is 0 Å². The molecule has 0 saturated carbocycles. The van der Waals surface area contributed by atoms with E-state index in [9.17, 15) is 8.42 Å². The highest BCUT2D eigenvalue weighted by Gasteiger charge is 2.15. The zero-order valence-electron chi connectivity index (χ0n) is 8.77. The van der Waals surface area contributed by atoms with E-state index in [4.69, 9.17) is 0 Å². The molecule has 2 aromatic rings. The first-order valence-corrected chi connectivity index (χ1v) is 8.01. The van der Waals surface area contributed by atoms with E-state index in [-0.39, 0.29) is 3.76 Å². The van der Waals surface area contributed by atoms with Gasteiger partial charge in [-0.25, -0.2) is 8.42 Å². The summed E-state index contributed by atoms with van der Waals surface area (Å²) in [4.78, 5) is 0.433. The first kappa shape index (κ1) is 11.9. The molecule has 2 aromatic carbocycles. The maximum atomic E-state index is 11.9. The van der Waals surface area contributed by atoms with Crippen molar-refractivity contribution >= 4 is 43.2 Å². The lowest BCUT2D eigenvalue weighted by atomic mass is 10.1. The number of sulfone groups is 1. The van der Waals surface area contributed by atoms with Crippen LogP contribution in [0.25, 0.3) is 10.8 Å². The number of alkyl halides is 1. The van der Waals surface area contributed by atoms with Crippen LogP contribution in [-0.4, -0.2) is 12.2 Å². The molecular formula is C12H11IO2S. The van der Waals surface area contributed by atoms with Crippen molar-refractivity contribution < 1.29 is 8.42 Å². The van der Waals surface area contributed by atoms with Gasteiger partial charge in [0.15, 0.2) is 9.84 Å². The fourth-order valence-electron chi connectivity index (χ4n) is 1.77. The van der Waals surface area contributed by atoms with Crippen LogP contribution >= 0.6 is 22.6 Å². The van der Waals surface area contributed by atoms with Crippen molar-refractivity contribution in [1.29, 1.82) is 0 Å². The summed E-state index contributed by atoms with van der Waals surface area (Å²) in [5.74, 6) is 0. The molecule has 2 rings (SSSR count). The Hall–Kier alpha value is -0.620. The molecule has 2 nitrogen and oxygen atoms in total. The summed E-state index contributed by atoms with van der Waals surface area (Å²) in [6, 6.07) is 11.2. The molecule has 16 heavy (non-hydrogen) atoms. The van der Waals surface area contributed by atoms with E-state index in [1.165, 1.54) is 0 Å². The maximum Gasteiger partial charge on any atom is 0.188 e. The summed E-state index contributed by atoms with van der Waals surface area (Å²) in [7, 11) is -3.15. The number of benzene rings is 2. The van der Waals surface area contributed by atoms with Crippen molar-refractivity contribution in [2.24, 2.45) is 0 Å². The fourth-order valence-corrected chi connectivity index (χ4v) is 3.69. The minimum atomic E-state index is -3.15. The van der Waals surface area contributed by atoms with Crippen LogP contribution in [0, 0.1) is 6.92 Å². The van der Waals surface area contributed by atoms with E-state index in [1.807, 2.05) is 53.8 Å². The van der Waals surface area contributed by atoms with Crippen LogP contribution in [0.15, 0.2) is 41.3 Å². The Morgan fingerprint density at radius 2 is 1.69 bits per heavy atom. The van der Waals surface area contributed by atoms with E-state index in [2.05, 4.69) is 0 Å². The summed E-state index contributed by atoms with van der Waals surface area (Å²) in [5.41, 5.74) is 1.10. The van der Waals surface area contributed by atoms with Crippen LogP contribution in [0.3, 0.4) is 0 Å². The van der Waals surface area contributed by atoms with Crippen LogP contribution in [0.4, 0.5) is 0 Å². The number of rotatable bonds is 2. The number of hydrogen-bond acceptors (Lipinski definition) is 2. The molecule has 0 bridgehead atoms. The molecule has 84 valence electrons. The molecule has 0 heterocycles. The smallest absolute Gasteiger partial charge is 0.188 e. The molecule has 0 aliphatic rings. The van der Waals surface area contributed by atoms with Crippen LogP contribution in [0.5, 0.6) is 0 Å². The van der Waals surface area contributed by atoms with Crippen molar-refractivity contribution in [3.05, 3.63) is 42.0 Å². The van der Waals surface area contributed by atoms with Gasteiger partial charge in [0.25, 0.3) is 0 Å². The zero-order valence-corrected chi connectivity index (χ0v) is 11.7. The highest BCUT2D eigenvalue weighted by Crippen LogP contribution is 2.26. The predicted molar refractivity (Wildman–Crippen MR) is 74.8 cm³/mol. The summed E-state index contributed by atoms with van der Waals surface area (Å²) in [6.07, 6.45) is 0. The highest BCUT2D eigenvalue weighted by atomic mass is 127. The highest BCUT2D eigenvalue weighted by molar-refractivity contribution is 14.1. The summed E-state index contributed by atoms with van der Waals surface area (Å²) >= 11 is 1.89. The zero-order chi connectivity index (χ0) is 11.8. The third kappa shape index (κ3) is 1.96. The van der Waals surface area contributed by atoms with E-state index in [0.717, 1.165) is 16.3 Å². The average Bonchev–Trinajstić information content (AvgIpc) is 2.29. The van der Waals surface area contributed by atoms with Gasteiger partial charge in [0, 0.05) is 5.39 Å². The van der Waals surface area contributed by atoms with Gasteiger partial charge in [0.05, 0.1) is 4.90 Å². The molecule has 0 unspecified atom stereocenters. The van der Waals surface area contributed by atoms with Crippen LogP contribution in [0.1, 0.15) is 5.56 Å². The van der Waals surface area contributed by atoms with E-state index in [1.54, 1.807) is 12.1 Å². The topological polar surface area (TPSA) is 34.1 Å². The van der Waals surface area contributed by atoms with Gasteiger partial charge < -0.3 is 0 Å². The Balaban J connectivity index is 2.88. The lowest BCUT2D eigenvalue weighted by molar-refractivity contribution is 0.602. The van der Waals surface area contributed by atoms with Crippen LogP contribution in [-0.2, 0) is 9.84 Å². The van der Waals surface area contributed by atoms with Gasteiger partial charge in [-0.05, 0) is 23.9 Å². The first-order valence-electron chi connectivity index (χ1n) is 4.83. The van der Waals surface area contributed by atoms with Gasteiger partial charge in [-0.15, -0.1) is 0 Å². The maximum absolute atomic E-state index is 11.9. The molecule has 0 radical (unpaired) electrons. The van der Waals surface area contributed by atoms with Crippen molar-refractivity contribution in [2.75, 3.05) is 3.76 Å². The first-order chi connectivity index (χ1) is 7.56. The van der Waals surface area contributed by atoms with Gasteiger partial charge in [-0.1, -0.05) is 52.9 Å². The number of aryl methyl sites for hydroxylation is 1. The molecule has 0 spiro atoms. The second-order valence-electron chi connectivity index (χ2n) is 3.65. The third-order valence-corrected chi connectivity index (χ3v) is 6.35. The lowest BCUT2D eigenvalue weighted by Crippen LogP contribution is -2.02. The number of fused-ring (bicyclic) bond motifs is 1. The van der Waals surface area contributed by atoms with Crippen molar-refractivity contribution in [1.82, 2.24) is 0 Å². The van der Waals surface area contributed by atoms with Gasteiger partial charge in [-0.2, -0.15) is 0 Å². The van der Waals surface area contributed by atoms with Crippen molar-refractivity contribution in [3.8, 4) is 0 Å². The summed E-state index contributed by atoms with van der Waals surface area (Å²) in [6.45, 7) is 1.99. The molecule has 4 heteroatoms. The van der Waals surface area contributed by atoms with Gasteiger partial charge in [0.1, 0.15) is 3.76 Å². The Morgan fingerprint density at radius 1 is 1.06 bits per heavy atom. The quantitative estimate of drug-likeness (QED) is 0.618. The van der Waals surface area contributed by atoms with E-state index < -0.39 is 9.84 Å². The second kappa shape index (κ2) is 4.33.